The molecule has 1 saturated heterocycles. The van der Waals surface area contributed by atoms with Gasteiger partial charge in [0.15, 0.2) is 5.60 Å². The lowest BCUT2D eigenvalue weighted by molar-refractivity contribution is 0.145. The van der Waals surface area contributed by atoms with E-state index in [-0.39, 0.29) is 0 Å². The summed E-state index contributed by atoms with van der Waals surface area (Å²) in [6.07, 6.45) is 5.63. The van der Waals surface area contributed by atoms with Crippen LogP contribution < -0.4 is 10.2 Å². The SMILES string of the molecule is C#CC(O)(c1ccccc1)c1ccc(N2CCNCC2)cc1. The highest BCUT2D eigenvalue weighted by atomic mass is 16.3. The summed E-state index contributed by atoms with van der Waals surface area (Å²) in [6.45, 7) is 4.00. The van der Waals surface area contributed by atoms with Crippen molar-refractivity contribution < 1.29 is 5.11 Å². The highest BCUT2D eigenvalue weighted by molar-refractivity contribution is 5.52. The number of nitrogens with zero attached hydrogens (tertiary/aromatic N) is 1. The summed E-state index contributed by atoms with van der Waals surface area (Å²) in [6, 6.07) is 17.3. The molecule has 2 N–H and O–H groups in total. The Balaban J connectivity index is 1.89. The molecule has 3 rings (SSSR count). The summed E-state index contributed by atoms with van der Waals surface area (Å²) in [4.78, 5) is 2.33. The van der Waals surface area contributed by atoms with Crippen molar-refractivity contribution in [1.29, 1.82) is 0 Å². The minimum Gasteiger partial charge on any atom is -0.369 e. The van der Waals surface area contributed by atoms with Crippen molar-refractivity contribution in [3.8, 4) is 12.3 Å². The zero-order valence-corrected chi connectivity index (χ0v) is 12.5. The first kappa shape index (κ1) is 14.6. The van der Waals surface area contributed by atoms with Gasteiger partial charge in [0.1, 0.15) is 0 Å². The van der Waals surface area contributed by atoms with Gasteiger partial charge < -0.3 is 15.3 Å². The Morgan fingerprint density at radius 2 is 1.55 bits per heavy atom. The Labute approximate surface area is 131 Å². The van der Waals surface area contributed by atoms with Crippen LogP contribution in [0.25, 0.3) is 0 Å². The molecular formula is C19H20N2O. The van der Waals surface area contributed by atoms with Crippen molar-refractivity contribution in [2.75, 3.05) is 31.1 Å². The van der Waals surface area contributed by atoms with Gasteiger partial charge in [-0.1, -0.05) is 48.4 Å². The predicted octanol–water partition coefficient (Wildman–Crippen LogP) is 1.97. The average Bonchev–Trinajstić information content (AvgIpc) is 2.63. The molecular weight excluding hydrogens is 272 g/mol. The van der Waals surface area contributed by atoms with Gasteiger partial charge in [-0.2, -0.15) is 0 Å². The smallest absolute Gasteiger partial charge is 0.176 e. The summed E-state index contributed by atoms with van der Waals surface area (Å²) in [5.41, 5.74) is 1.22. The van der Waals surface area contributed by atoms with Crippen molar-refractivity contribution in [2.45, 2.75) is 5.60 Å². The zero-order valence-electron chi connectivity index (χ0n) is 12.5. The van der Waals surface area contributed by atoms with Crippen LogP contribution in [-0.4, -0.2) is 31.3 Å². The van der Waals surface area contributed by atoms with Crippen LogP contribution >= 0.6 is 0 Å². The number of anilines is 1. The monoisotopic (exact) mass is 292 g/mol. The fourth-order valence-electron chi connectivity index (χ4n) is 2.85. The van der Waals surface area contributed by atoms with Crippen LogP contribution in [-0.2, 0) is 5.60 Å². The Hall–Kier alpha value is -2.28. The van der Waals surface area contributed by atoms with E-state index in [0.717, 1.165) is 37.4 Å². The summed E-state index contributed by atoms with van der Waals surface area (Å²) >= 11 is 0. The van der Waals surface area contributed by atoms with Crippen molar-refractivity contribution in [3.63, 3.8) is 0 Å². The molecule has 2 aromatic carbocycles. The van der Waals surface area contributed by atoms with Gasteiger partial charge in [-0.15, -0.1) is 6.42 Å². The number of terminal acetylenes is 1. The molecule has 1 atom stereocenters. The Bertz CT molecular complexity index is 654. The zero-order chi connectivity index (χ0) is 15.4. The number of hydrogen-bond donors (Lipinski definition) is 2. The van der Waals surface area contributed by atoms with Crippen LogP contribution in [0, 0.1) is 12.3 Å². The maximum absolute atomic E-state index is 10.9. The second-order valence-electron chi connectivity index (χ2n) is 5.50. The molecule has 1 heterocycles. The second kappa shape index (κ2) is 6.23. The van der Waals surface area contributed by atoms with E-state index in [0.29, 0.717) is 5.56 Å². The van der Waals surface area contributed by atoms with Crippen LogP contribution in [0.1, 0.15) is 11.1 Å². The predicted molar refractivity (Wildman–Crippen MR) is 89.8 cm³/mol. The van der Waals surface area contributed by atoms with Crippen molar-refractivity contribution in [2.24, 2.45) is 0 Å². The van der Waals surface area contributed by atoms with Crippen LogP contribution in [0.4, 0.5) is 5.69 Å². The number of nitrogens with one attached hydrogen (secondary N) is 1. The lowest BCUT2D eigenvalue weighted by atomic mass is 9.87. The number of piperazine rings is 1. The summed E-state index contributed by atoms with van der Waals surface area (Å²) in [7, 11) is 0. The highest BCUT2D eigenvalue weighted by Crippen LogP contribution is 2.30. The molecule has 0 saturated carbocycles. The molecule has 0 radical (unpaired) electrons. The molecule has 0 amide bonds. The first-order valence-corrected chi connectivity index (χ1v) is 7.56. The maximum atomic E-state index is 10.9. The molecule has 0 spiro atoms. The van der Waals surface area contributed by atoms with Crippen LogP contribution in [0.2, 0.25) is 0 Å². The molecule has 112 valence electrons. The van der Waals surface area contributed by atoms with E-state index in [1.165, 1.54) is 0 Å². The molecule has 1 aliphatic rings. The molecule has 3 heteroatoms. The van der Waals surface area contributed by atoms with Gasteiger partial charge in [-0.25, -0.2) is 0 Å². The van der Waals surface area contributed by atoms with Gasteiger partial charge in [0.2, 0.25) is 0 Å². The molecule has 22 heavy (non-hydrogen) atoms. The van der Waals surface area contributed by atoms with E-state index in [1.54, 1.807) is 0 Å². The van der Waals surface area contributed by atoms with E-state index in [1.807, 2.05) is 54.6 Å². The summed E-state index contributed by atoms with van der Waals surface area (Å²) in [5.74, 6) is 2.54. The summed E-state index contributed by atoms with van der Waals surface area (Å²) < 4.78 is 0. The number of hydrogen-bond acceptors (Lipinski definition) is 3. The van der Waals surface area contributed by atoms with Crippen molar-refractivity contribution in [1.82, 2.24) is 5.32 Å². The van der Waals surface area contributed by atoms with Crippen LogP contribution in [0.5, 0.6) is 0 Å². The quantitative estimate of drug-likeness (QED) is 0.849. The lowest BCUT2D eigenvalue weighted by Crippen LogP contribution is -2.43. The largest absolute Gasteiger partial charge is 0.369 e. The minimum absolute atomic E-state index is 0.715. The van der Waals surface area contributed by atoms with E-state index >= 15 is 0 Å². The molecule has 1 aliphatic heterocycles. The van der Waals surface area contributed by atoms with E-state index < -0.39 is 5.60 Å². The standard InChI is InChI=1S/C19H20N2O/c1-2-19(22,16-6-4-3-5-7-16)17-8-10-18(11-9-17)21-14-12-20-13-15-21/h1,3-11,20,22H,12-15H2. The van der Waals surface area contributed by atoms with E-state index in [2.05, 4.69) is 16.1 Å². The second-order valence-corrected chi connectivity index (χ2v) is 5.50. The normalized spacial score (nSPS) is 17.5. The average molecular weight is 292 g/mol. The van der Waals surface area contributed by atoms with Crippen LogP contribution in [0.15, 0.2) is 54.6 Å². The van der Waals surface area contributed by atoms with E-state index in [4.69, 9.17) is 6.42 Å². The Morgan fingerprint density at radius 3 is 2.14 bits per heavy atom. The van der Waals surface area contributed by atoms with Gasteiger partial charge >= 0.3 is 0 Å². The molecule has 1 fully saturated rings. The van der Waals surface area contributed by atoms with Gasteiger partial charge in [0, 0.05) is 43.0 Å². The van der Waals surface area contributed by atoms with Gasteiger partial charge in [-0.05, 0) is 12.1 Å². The molecule has 2 aromatic rings. The first-order chi connectivity index (χ1) is 10.7. The fraction of sp³-hybridized carbons (Fsp3) is 0.263. The summed E-state index contributed by atoms with van der Waals surface area (Å²) in [5, 5.41) is 14.2. The highest BCUT2D eigenvalue weighted by Gasteiger charge is 2.29. The van der Waals surface area contributed by atoms with E-state index in [9.17, 15) is 5.11 Å². The Kier molecular flexibility index (Phi) is 4.15. The molecule has 3 nitrogen and oxygen atoms in total. The van der Waals surface area contributed by atoms with Crippen LogP contribution in [0.3, 0.4) is 0 Å². The fourth-order valence-corrected chi connectivity index (χ4v) is 2.85. The first-order valence-electron chi connectivity index (χ1n) is 7.56. The third-order valence-electron chi connectivity index (χ3n) is 4.17. The number of aliphatic hydroxyl groups is 1. The molecule has 0 aliphatic carbocycles. The minimum atomic E-state index is -1.39. The third kappa shape index (κ3) is 2.71. The molecule has 1 unspecified atom stereocenters. The van der Waals surface area contributed by atoms with Gasteiger partial charge in [-0.3, -0.25) is 0 Å². The topological polar surface area (TPSA) is 35.5 Å². The third-order valence-corrected chi connectivity index (χ3v) is 4.17. The number of benzene rings is 2. The van der Waals surface area contributed by atoms with Crippen molar-refractivity contribution >= 4 is 5.69 Å². The van der Waals surface area contributed by atoms with Crippen molar-refractivity contribution in [3.05, 3.63) is 65.7 Å². The van der Waals surface area contributed by atoms with Gasteiger partial charge in [0.25, 0.3) is 0 Å². The van der Waals surface area contributed by atoms with Gasteiger partial charge in [0.05, 0.1) is 0 Å². The maximum Gasteiger partial charge on any atom is 0.176 e. The number of rotatable bonds is 3. The lowest BCUT2D eigenvalue weighted by Gasteiger charge is -2.30. The molecule has 0 bridgehead atoms. The Morgan fingerprint density at radius 1 is 0.955 bits per heavy atom. The molecule has 0 aromatic heterocycles.